The number of hydrogen-bond donors (Lipinski definition) is 1. The molecule has 0 fully saturated rings. The summed E-state index contributed by atoms with van der Waals surface area (Å²) in [4.78, 5) is 2.51. The van der Waals surface area contributed by atoms with Crippen molar-refractivity contribution < 1.29 is 0 Å². The van der Waals surface area contributed by atoms with Gasteiger partial charge >= 0.3 is 0 Å². The van der Waals surface area contributed by atoms with Gasteiger partial charge in [-0.1, -0.05) is 33.6 Å². The van der Waals surface area contributed by atoms with Crippen molar-refractivity contribution >= 4 is 0 Å². The van der Waals surface area contributed by atoms with E-state index < -0.39 is 0 Å². The van der Waals surface area contributed by atoms with Crippen LogP contribution in [0, 0.1) is 5.92 Å². The van der Waals surface area contributed by atoms with Crippen LogP contribution in [-0.4, -0.2) is 37.6 Å². The number of rotatable bonds is 11. The van der Waals surface area contributed by atoms with Crippen molar-refractivity contribution in [3.63, 3.8) is 0 Å². The van der Waals surface area contributed by atoms with Gasteiger partial charge in [-0.2, -0.15) is 0 Å². The van der Waals surface area contributed by atoms with Gasteiger partial charge < -0.3 is 10.2 Å². The zero-order valence-electron chi connectivity index (χ0n) is 12.8. The fraction of sp³-hybridized carbons (Fsp3) is 1.00. The molecule has 0 aromatic rings. The summed E-state index contributed by atoms with van der Waals surface area (Å²) in [6.45, 7) is 12.7. The third-order valence-corrected chi connectivity index (χ3v) is 3.39. The third kappa shape index (κ3) is 10.8. The van der Waals surface area contributed by atoms with Crippen LogP contribution in [0.4, 0.5) is 0 Å². The molecular formula is C15H34N2. The van der Waals surface area contributed by atoms with E-state index in [2.05, 4.69) is 45.0 Å². The van der Waals surface area contributed by atoms with Crippen molar-refractivity contribution in [3.05, 3.63) is 0 Å². The van der Waals surface area contributed by atoms with Crippen LogP contribution in [0.3, 0.4) is 0 Å². The van der Waals surface area contributed by atoms with E-state index in [9.17, 15) is 0 Å². The minimum Gasteiger partial charge on any atom is -0.316 e. The Balaban J connectivity index is 3.40. The molecule has 0 heterocycles. The highest BCUT2D eigenvalue weighted by Crippen LogP contribution is 2.06. The minimum absolute atomic E-state index is 0.729. The van der Waals surface area contributed by atoms with Crippen molar-refractivity contribution in [2.75, 3.05) is 26.7 Å². The minimum atomic E-state index is 0.729. The maximum absolute atomic E-state index is 3.51. The molecule has 1 N–H and O–H groups in total. The third-order valence-electron chi connectivity index (χ3n) is 3.39. The molecule has 0 aliphatic rings. The van der Waals surface area contributed by atoms with E-state index in [-0.39, 0.29) is 0 Å². The monoisotopic (exact) mass is 242 g/mol. The predicted octanol–water partition coefficient (Wildman–Crippen LogP) is 3.52. The number of unbranched alkanes of at least 4 members (excludes halogenated alkanes) is 2. The van der Waals surface area contributed by atoms with Gasteiger partial charge in [0.1, 0.15) is 0 Å². The summed E-state index contributed by atoms with van der Waals surface area (Å²) in [6.07, 6.45) is 6.65. The number of nitrogens with zero attached hydrogens (tertiary/aromatic N) is 1. The van der Waals surface area contributed by atoms with Crippen molar-refractivity contribution in [1.82, 2.24) is 10.2 Å². The van der Waals surface area contributed by atoms with Crippen LogP contribution in [-0.2, 0) is 0 Å². The molecule has 1 unspecified atom stereocenters. The van der Waals surface area contributed by atoms with Gasteiger partial charge in [-0.15, -0.1) is 0 Å². The van der Waals surface area contributed by atoms with Crippen LogP contribution in [0.5, 0.6) is 0 Å². The standard InChI is InChI=1S/C15H34N2/c1-6-7-8-12-17(5)15(4)10-9-11-16-13-14(2)3/h14-16H,6-13H2,1-5H3. The second kappa shape index (κ2) is 11.0. The summed E-state index contributed by atoms with van der Waals surface area (Å²) in [6, 6.07) is 0.729. The Morgan fingerprint density at radius 2 is 1.76 bits per heavy atom. The zero-order valence-corrected chi connectivity index (χ0v) is 12.8. The number of nitrogens with one attached hydrogen (secondary N) is 1. The molecule has 1 atom stereocenters. The number of hydrogen-bond acceptors (Lipinski definition) is 2. The molecule has 2 heteroatoms. The highest BCUT2D eigenvalue weighted by Gasteiger charge is 2.07. The Hall–Kier alpha value is -0.0800. The average Bonchev–Trinajstić information content (AvgIpc) is 2.28. The van der Waals surface area contributed by atoms with E-state index in [0.717, 1.165) is 18.5 Å². The van der Waals surface area contributed by atoms with Gasteiger partial charge in [0.25, 0.3) is 0 Å². The molecule has 0 aromatic carbocycles. The summed E-state index contributed by atoms with van der Waals surface area (Å²) in [5, 5.41) is 3.51. The lowest BCUT2D eigenvalue weighted by Gasteiger charge is -2.24. The second-order valence-corrected chi connectivity index (χ2v) is 5.78. The lowest BCUT2D eigenvalue weighted by atomic mass is 10.1. The van der Waals surface area contributed by atoms with Crippen molar-refractivity contribution in [2.45, 2.75) is 65.8 Å². The van der Waals surface area contributed by atoms with Gasteiger partial charge in [0.05, 0.1) is 0 Å². The maximum atomic E-state index is 3.51. The molecule has 104 valence electrons. The highest BCUT2D eigenvalue weighted by molar-refractivity contribution is 4.64. The first-order valence-electron chi connectivity index (χ1n) is 7.48. The quantitative estimate of drug-likeness (QED) is 0.558. The van der Waals surface area contributed by atoms with Gasteiger partial charge in [-0.3, -0.25) is 0 Å². The molecule has 0 bridgehead atoms. The van der Waals surface area contributed by atoms with E-state index in [4.69, 9.17) is 0 Å². The second-order valence-electron chi connectivity index (χ2n) is 5.78. The largest absolute Gasteiger partial charge is 0.316 e. The molecule has 0 amide bonds. The molecule has 0 aromatic heterocycles. The lowest BCUT2D eigenvalue weighted by molar-refractivity contribution is 0.237. The maximum Gasteiger partial charge on any atom is 0.00643 e. The Bertz CT molecular complexity index is 157. The van der Waals surface area contributed by atoms with Crippen LogP contribution in [0.2, 0.25) is 0 Å². The molecule has 0 spiro atoms. The molecule has 0 saturated carbocycles. The van der Waals surface area contributed by atoms with Crippen LogP contribution in [0.15, 0.2) is 0 Å². The molecule has 0 rings (SSSR count). The van der Waals surface area contributed by atoms with E-state index in [0.29, 0.717) is 0 Å². The summed E-state index contributed by atoms with van der Waals surface area (Å²) >= 11 is 0. The van der Waals surface area contributed by atoms with Gasteiger partial charge in [-0.05, 0) is 58.8 Å². The Labute approximate surface area is 109 Å². The van der Waals surface area contributed by atoms with Crippen molar-refractivity contribution in [3.8, 4) is 0 Å². The summed E-state index contributed by atoms with van der Waals surface area (Å²) in [5.41, 5.74) is 0. The summed E-state index contributed by atoms with van der Waals surface area (Å²) < 4.78 is 0. The molecule has 0 aliphatic carbocycles. The van der Waals surface area contributed by atoms with Crippen molar-refractivity contribution in [2.24, 2.45) is 5.92 Å². The predicted molar refractivity (Wildman–Crippen MR) is 78.6 cm³/mol. The van der Waals surface area contributed by atoms with Crippen LogP contribution >= 0.6 is 0 Å². The highest BCUT2D eigenvalue weighted by atomic mass is 15.1. The Morgan fingerprint density at radius 3 is 2.35 bits per heavy atom. The van der Waals surface area contributed by atoms with E-state index >= 15 is 0 Å². The van der Waals surface area contributed by atoms with Crippen LogP contribution in [0.25, 0.3) is 0 Å². The first-order valence-corrected chi connectivity index (χ1v) is 7.48. The van der Waals surface area contributed by atoms with Gasteiger partial charge in [0, 0.05) is 6.04 Å². The van der Waals surface area contributed by atoms with Crippen LogP contribution < -0.4 is 5.32 Å². The summed E-state index contributed by atoms with van der Waals surface area (Å²) in [5.74, 6) is 0.768. The molecule has 0 aliphatic heterocycles. The topological polar surface area (TPSA) is 15.3 Å². The van der Waals surface area contributed by atoms with E-state index in [1.165, 1.54) is 45.2 Å². The SMILES string of the molecule is CCCCCN(C)C(C)CCCNCC(C)C. The fourth-order valence-corrected chi connectivity index (χ4v) is 1.97. The van der Waals surface area contributed by atoms with E-state index in [1.54, 1.807) is 0 Å². The zero-order chi connectivity index (χ0) is 13.1. The molecule has 17 heavy (non-hydrogen) atoms. The van der Waals surface area contributed by atoms with Crippen LogP contribution in [0.1, 0.15) is 59.8 Å². The lowest BCUT2D eigenvalue weighted by Crippen LogP contribution is -2.31. The normalized spacial score (nSPS) is 13.6. The van der Waals surface area contributed by atoms with Gasteiger partial charge in [0.15, 0.2) is 0 Å². The Morgan fingerprint density at radius 1 is 1.06 bits per heavy atom. The first-order chi connectivity index (χ1) is 8.07. The molecule has 0 saturated heterocycles. The molecular weight excluding hydrogens is 208 g/mol. The van der Waals surface area contributed by atoms with Gasteiger partial charge in [0.2, 0.25) is 0 Å². The van der Waals surface area contributed by atoms with Crippen molar-refractivity contribution in [1.29, 1.82) is 0 Å². The fourth-order valence-electron chi connectivity index (χ4n) is 1.97. The molecule has 2 nitrogen and oxygen atoms in total. The smallest absolute Gasteiger partial charge is 0.00643 e. The Kier molecular flexibility index (Phi) is 11.0. The summed E-state index contributed by atoms with van der Waals surface area (Å²) in [7, 11) is 2.27. The van der Waals surface area contributed by atoms with E-state index in [1.807, 2.05) is 0 Å². The first kappa shape index (κ1) is 16.9. The van der Waals surface area contributed by atoms with Gasteiger partial charge in [-0.25, -0.2) is 0 Å². The molecule has 0 radical (unpaired) electrons. The average molecular weight is 242 g/mol.